The van der Waals surface area contributed by atoms with Crippen LogP contribution in [-0.2, 0) is 6.54 Å². The molecular formula is C14H15N5. The molecule has 0 spiro atoms. The van der Waals surface area contributed by atoms with Gasteiger partial charge in [0.05, 0.1) is 6.54 Å². The van der Waals surface area contributed by atoms with Crippen molar-refractivity contribution < 1.29 is 0 Å². The summed E-state index contributed by atoms with van der Waals surface area (Å²) in [6.45, 7) is 4.69. The quantitative estimate of drug-likeness (QED) is 0.759. The molecule has 0 amide bonds. The Balaban J connectivity index is 2.10. The fourth-order valence-electron chi connectivity index (χ4n) is 2.13. The first-order valence-electron chi connectivity index (χ1n) is 6.13. The first kappa shape index (κ1) is 11.6. The van der Waals surface area contributed by atoms with E-state index in [9.17, 15) is 0 Å². The summed E-state index contributed by atoms with van der Waals surface area (Å²) in [5, 5.41) is 0. The van der Waals surface area contributed by atoms with Gasteiger partial charge in [-0.2, -0.15) is 0 Å². The third-order valence-corrected chi connectivity index (χ3v) is 3.22. The minimum absolute atomic E-state index is 0.490. The van der Waals surface area contributed by atoms with E-state index in [1.807, 2.05) is 42.9 Å². The highest BCUT2D eigenvalue weighted by atomic mass is 15.2. The Labute approximate surface area is 111 Å². The Bertz CT molecular complexity index is 745. The third-order valence-electron chi connectivity index (χ3n) is 3.22. The summed E-state index contributed by atoms with van der Waals surface area (Å²) in [6.07, 6.45) is 5.47. The first-order chi connectivity index (χ1) is 9.15. The molecule has 3 aromatic heterocycles. The van der Waals surface area contributed by atoms with Gasteiger partial charge < -0.3 is 5.73 Å². The van der Waals surface area contributed by atoms with Gasteiger partial charge in [-0.25, -0.2) is 9.97 Å². The maximum Gasteiger partial charge on any atom is 0.202 e. The van der Waals surface area contributed by atoms with Gasteiger partial charge in [-0.15, -0.1) is 0 Å². The predicted octanol–water partition coefficient (Wildman–Crippen LogP) is 2.07. The van der Waals surface area contributed by atoms with Crippen molar-refractivity contribution in [2.24, 2.45) is 0 Å². The number of fused-ring (bicyclic) bond motifs is 1. The van der Waals surface area contributed by atoms with Crippen molar-refractivity contribution in [3.8, 4) is 0 Å². The van der Waals surface area contributed by atoms with Crippen molar-refractivity contribution in [2.75, 3.05) is 5.73 Å². The molecular weight excluding hydrogens is 238 g/mol. The van der Waals surface area contributed by atoms with Gasteiger partial charge in [-0.05, 0) is 42.7 Å². The minimum Gasteiger partial charge on any atom is -0.369 e. The van der Waals surface area contributed by atoms with Gasteiger partial charge in [0, 0.05) is 18.6 Å². The van der Waals surface area contributed by atoms with Gasteiger partial charge in [-0.3, -0.25) is 9.55 Å². The summed E-state index contributed by atoms with van der Waals surface area (Å²) in [4.78, 5) is 12.9. The maximum atomic E-state index is 6.00. The van der Waals surface area contributed by atoms with Crippen LogP contribution in [0.5, 0.6) is 0 Å². The molecule has 0 bridgehead atoms. The average Bonchev–Trinajstić information content (AvgIpc) is 2.68. The Morgan fingerprint density at radius 2 is 2.11 bits per heavy atom. The molecule has 0 aromatic carbocycles. The molecule has 0 radical (unpaired) electrons. The lowest BCUT2D eigenvalue weighted by Gasteiger charge is -2.08. The zero-order valence-corrected chi connectivity index (χ0v) is 11.0. The fraction of sp³-hybridized carbons (Fsp3) is 0.214. The van der Waals surface area contributed by atoms with E-state index in [1.54, 1.807) is 6.20 Å². The van der Waals surface area contributed by atoms with Crippen LogP contribution in [0.15, 0.2) is 30.7 Å². The predicted molar refractivity (Wildman–Crippen MR) is 74.8 cm³/mol. The van der Waals surface area contributed by atoms with Crippen molar-refractivity contribution in [2.45, 2.75) is 20.4 Å². The summed E-state index contributed by atoms with van der Waals surface area (Å²) in [5.41, 5.74) is 11.0. The highest BCUT2D eigenvalue weighted by Crippen LogP contribution is 2.19. The van der Waals surface area contributed by atoms with Gasteiger partial charge >= 0.3 is 0 Å². The molecule has 5 nitrogen and oxygen atoms in total. The van der Waals surface area contributed by atoms with Gasteiger partial charge in [0.25, 0.3) is 0 Å². The number of nitrogen functional groups attached to an aromatic ring is 1. The zero-order valence-electron chi connectivity index (χ0n) is 11.0. The monoisotopic (exact) mass is 253 g/mol. The normalized spacial score (nSPS) is 11.1. The lowest BCUT2D eigenvalue weighted by molar-refractivity contribution is 0.819. The molecule has 0 aliphatic rings. The van der Waals surface area contributed by atoms with Gasteiger partial charge in [0.1, 0.15) is 5.52 Å². The molecule has 0 saturated heterocycles. The largest absolute Gasteiger partial charge is 0.369 e. The number of nitrogens with two attached hydrogens (primary N) is 1. The molecule has 3 heterocycles. The highest BCUT2D eigenvalue weighted by Gasteiger charge is 2.10. The van der Waals surface area contributed by atoms with Crippen LogP contribution in [0, 0.1) is 13.8 Å². The second-order valence-electron chi connectivity index (χ2n) is 4.71. The number of aromatic nitrogens is 4. The minimum atomic E-state index is 0.490. The molecule has 3 aromatic rings. The standard InChI is InChI=1S/C14H15N5/c1-9-5-12-13(17-6-9)19(14(15)18-12)8-11-3-4-16-7-10(11)2/h3-7H,8H2,1-2H3,(H2,15,18). The Hall–Kier alpha value is -2.43. The van der Waals surface area contributed by atoms with Gasteiger partial charge in [0.15, 0.2) is 5.65 Å². The fourth-order valence-corrected chi connectivity index (χ4v) is 2.13. The van der Waals surface area contributed by atoms with E-state index in [1.165, 1.54) is 5.56 Å². The van der Waals surface area contributed by atoms with E-state index in [-0.39, 0.29) is 0 Å². The van der Waals surface area contributed by atoms with E-state index >= 15 is 0 Å². The molecule has 0 aliphatic heterocycles. The van der Waals surface area contributed by atoms with Crippen LogP contribution in [0.1, 0.15) is 16.7 Å². The summed E-state index contributed by atoms with van der Waals surface area (Å²) in [7, 11) is 0. The van der Waals surface area contributed by atoms with E-state index in [0.717, 1.165) is 22.3 Å². The molecule has 0 aliphatic carbocycles. The second-order valence-corrected chi connectivity index (χ2v) is 4.71. The van der Waals surface area contributed by atoms with E-state index in [2.05, 4.69) is 15.0 Å². The number of hydrogen-bond acceptors (Lipinski definition) is 4. The Morgan fingerprint density at radius 1 is 1.26 bits per heavy atom. The van der Waals surface area contributed by atoms with Crippen molar-refractivity contribution in [3.63, 3.8) is 0 Å². The van der Waals surface area contributed by atoms with Crippen LogP contribution < -0.4 is 5.73 Å². The zero-order chi connectivity index (χ0) is 13.4. The van der Waals surface area contributed by atoms with E-state index < -0.39 is 0 Å². The molecule has 0 fully saturated rings. The van der Waals surface area contributed by atoms with Crippen LogP contribution in [-0.4, -0.2) is 19.5 Å². The van der Waals surface area contributed by atoms with Crippen LogP contribution >= 0.6 is 0 Å². The number of pyridine rings is 2. The van der Waals surface area contributed by atoms with E-state index in [0.29, 0.717) is 12.5 Å². The number of anilines is 1. The maximum absolute atomic E-state index is 6.00. The number of aryl methyl sites for hydroxylation is 2. The van der Waals surface area contributed by atoms with Crippen LogP contribution in [0.3, 0.4) is 0 Å². The molecule has 19 heavy (non-hydrogen) atoms. The first-order valence-corrected chi connectivity index (χ1v) is 6.13. The number of rotatable bonds is 2. The lowest BCUT2D eigenvalue weighted by atomic mass is 10.1. The van der Waals surface area contributed by atoms with Crippen molar-refractivity contribution >= 4 is 17.1 Å². The number of nitrogens with zero attached hydrogens (tertiary/aromatic N) is 4. The Kier molecular flexibility index (Phi) is 2.67. The topological polar surface area (TPSA) is 69.6 Å². The summed E-state index contributed by atoms with van der Waals surface area (Å²) in [6, 6.07) is 3.99. The molecule has 3 rings (SSSR count). The van der Waals surface area contributed by atoms with Crippen LogP contribution in [0.2, 0.25) is 0 Å². The molecule has 5 heteroatoms. The number of hydrogen-bond donors (Lipinski definition) is 1. The van der Waals surface area contributed by atoms with Crippen LogP contribution in [0.25, 0.3) is 11.2 Å². The van der Waals surface area contributed by atoms with Crippen molar-refractivity contribution in [3.05, 3.63) is 47.4 Å². The average molecular weight is 253 g/mol. The highest BCUT2D eigenvalue weighted by molar-refractivity contribution is 5.74. The second kappa shape index (κ2) is 4.35. The summed E-state index contributed by atoms with van der Waals surface area (Å²) < 4.78 is 1.93. The molecule has 2 N–H and O–H groups in total. The van der Waals surface area contributed by atoms with Gasteiger partial charge in [-0.1, -0.05) is 0 Å². The third kappa shape index (κ3) is 2.03. The molecule has 0 saturated carbocycles. The van der Waals surface area contributed by atoms with Gasteiger partial charge in [0.2, 0.25) is 5.95 Å². The lowest BCUT2D eigenvalue weighted by Crippen LogP contribution is -2.06. The SMILES string of the molecule is Cc1cnc2c(c1)nc(N)n2Cc1ccncc1C. The van der Waals surface area contributed by atoms with Crippen molar-refractivity contribution in [1.29, 1.82) is 0 Å². The van der Waals surface area contributed by atoms with Crippen molar-refractivity contribution in [1.82, 2.24) is 19.5 Å². The molecule has 0 unspecified atom stereocenters. The van der Waals surface area contributed by atoms with E-state index in [4.69, 9.17) is 5.73 Å². The summed E-state index contributed by atoms with van der Waals surface area (Å²) in [5.74, 6) is 0.490. The molecule has 0 atom stereocenters. The van der Waals surface area contributed by atoms with Crippen LogP contribution in [0.4, 0.5) is 5.95 Å². The Morgan fingerprint density at radius 3 is 2.89 bits per heavy atom. The summed E-state index contributed by atoms with van der Waals surface area (Å²) >= 11 is 0. The molecule has 96 valence electrons. The smallest absolute Gasteiger partial charge is 0.202 e. The number of imidazole rings is 1.